The number of rotatable bonds is 6. The summed E-state index contributed by atoms with van der Waals surface area (Å²) in [6.45, 7) is 17.5. The molecule has 1 aliphatic rings. The first-order valence-corrected chi connectivity index (χ1v) is 16.6. The number of aliphatic imine (C=N–C) groups is 1. The van der Waals surface area contributed by atoms with E-state index in [1.165, 1.54) is 11.0 Å². The van der Waals surface area contributed by atoms with Gasteiger partial charge in [-0.3, -0.25) is 9.89 Å². The SMILES string of the molecule is CC(C)(C)OC(=O)N1CCN=C1c1cccc(F)c1CCc1c(O[Si](C)(C)C(C)(C)C)ccc2ccccc12. The van der Waals surface area contributed by atoms with E-state index in [9.17, 15) is 4.79 Å². The normalized spacial score (nSPS) is 14.5. The van der Waals surface area contributed by atoms with Crippen molar-refractivity contribution in [3.8, 4) is 5.75 Å². The molecule has 0 radical (unpaired) electrons. The molecule has 1 amide bonds. The molecule has 0 fully saturated rings. The molecular formula is C32H41FN2O3Si. The molecule has 39 heavy (non-hydrogen) atoms. The second-order valence-electron chi connectivity index (χ2n) is 12.7. The molecule has 0 atom stereocenters. The lowest BCUT2D eigenvalue weighted by Gasteiger charge is -2.37. The number of amides is 1. The first kappa shape index (κ1) is 28.8. The molecule has 0 spiro atoms. The maximum absolute atomic E-state index is 15.4. The molecule has 0 saturated heterocycles. The van der Waals surface area contributed by atoms with Crippen molar-refractivity contribution in [2.24, 2.45) is 4.99 Å². The molecule has 0 N–H and O–H groups in total. The summed E-state index contributed by atoms with van der Waals surface area (Å²) in [5, 5.41) is 2.28. The maximum atomic E-state index is 15.4. The number of amidine groups is 1. The van der Waals surface area contributed by atoms with E-state index in [-0.39, 0.29) is 10.9 Å². The number of ether oxygens (including phenoxy) is 1. The highest BCUT2D eigenvalue weighted by Gasteiger charge is 2.39. The minimum absolute atomic E-state index is 0.0420. The second kappa shape index (κ2) is 10.8. The summed E-state index contributed by atoms with van der Waals surface area (Å²) in [6, 6.07) is 17.4. The van der Waals surface area contributed by atoms with Crippen LogP contribution >= 0.6 is 0 Å². The van der Waals surface area contributed by atoms with Gasteiger partial charge in [0.25, 0.3) is 0 Å². The third-order valence-electron chi connectivity index (χ3n) is 7.61. The average Bonchev–Trinajstić information content (AvgIpc) is 3.32. The highest BCUT2D eigenvalue weighted by Crippen LogP contribution is 2.40. The van der Waals surface area contributed by atoms with Gasteiger partial charge in [-0.2, -0.15) is 0 Å². The smallest absolute Gasteiger partial charge is 0.416 e. The van der Waals surface area contributed by atoms with Crippen molar-refractivity contribution >= 4 is 31.0 Å². The lowest BCUT2D eigenvalue weighted by atomic mass is 9.95. The molecule has 3 aromatic rings. The molecule has 0 unspecified atom stereocenters. The van der Waals surface area contributed by atoms with Crippen LogP contribution in [0.2, 0.25) is 18.1 Å². The Labute approximate surface area is 233 Å². The van der Waals surface area contributed by atoms with Gasteiger partial charge in [0.15, 0.2) is 0 Å². The number of benzene rings is 3. The van der Waals surface area contributed by atoms with Crippen molar-refractivity contribution in [3.63, 3.8) is 0 Å². The Bertz CT molecular complexity index is 1400. The minimum Gasteiger partial charge on any atom is -0.543 e. The van der Waals surface area contributed by atoms with E-state index in [0.29, 0.717) is 42.9 Å². The quantitative estimate of drug-likeness (QED) is 0.292. The highest BCUT2D eigenvalue weighted by molar-refractivity contribution is 6.74. The average molecular weight is 549 g/mol. The van der Waals surface area contributed by atoms with Crippen molar-refractivity contribution in [2.75, 3.05) is 13.1 Å². The van der Waals surface area contributed by atoms with Gasteiger partial charge in [0.2, 0.25) is 8.32 Å². The van der Waals surface area contributed by atoms with Crippen molar-refractivity contribution in [1.29, 1.82) is 0 Å². The van der Waals surface area contributed by atoms with Gasteiger partial charge in [0.1, 0.15) is 23.0 Å². The van der Waals surface area contributed by atoms with E-state index in [2.05, 4.69) is 63.1 Å². The van der Waals surface area contributed by atoms with E-state index in [1.54, 1.807) is 6.07 Å². The molecule has 5 nitrogen and oxygen atoms in total. The largest absolute Gasteiger partial charge is 0.543 e. The zero-order valence-corrected chi connectivity index (χ0v) is 25.5. The van der Waals surface area contributed by atoms with Crippen LogP contribution in [-0.4, -0.2) is 43.8 Å². The summed E-state index contributed by atoms with van der Waals surface area (Å²) in [7, 11) is -2.11. The van der Waals surface area contributed by atoms with Gasteiger partial charge in [-0.1, -0.05) is 63.2 Å². The van der Waals surface area contributed by atoms with Gasteiger partial charge in [-0.25, -0.2) is 9.18 Å². The fourth-order valence-corrected chi connectivity index (χ4v) is 5.59. The van der Waals surface area contributed by atoms with Crippen LogP contribution in [0.25, 0.3) is 10.8 Å². The number of hydrogen-bond donors (Lipinski definition) is 0. The van der Waals surface area contributed by atoms with Crippen LogP contribution < -0.4 is 4.43 Å². The monoisotopic (exact) mass is 548 g/mol. The molecule has 1 heterocycles. The predicted molar refractivity (Wildman–Crippen MR) is 160 cm³/mol. The molecular weight excluding hydrogens is 507 g/mol. The van der Waals surface area contributed by atoms with Crippen LogP contribution in [0.15, 0.2) is 59.6 Å². The molecule has 0 bridgehead atoms. The summed E-state index contributed by atoms with van der Waals surface area (Å²) in [6.07, 6.45) is 0.553. The molecule has 3 aromatic carbocycles. The molecule has 7 heteroatoms. The minimum atomic E-state index is -2.11. The lowest BCUT2D eigenvalue weighted by molar-refractivity contribution is 0.0384. The van der Waals surface area contributed by atoms with Crippen LogP contribution in [0.1, 0.15) is 58.2 Å². The van der Waals surface area contributed by atoms with E-state index in [4.69, 9.17) is 9.16 Å². The molecule has 4 rings (SSSR count). The number of carbonyl (C=O) groups excluding carboxylic acids is 1. The maximum Gasteiger partial charge on any atom is 0.416 e. The molecule has 0 aromatic heterocycles. The van der Waals surface area contributed by atoms with Crippen LogP contribution in [0, 0.1) is 5.82 Å². The first-order chi connectivity index (χ1) is 18.2. The molecule has 0 aliphatic carbocycles. The van der Waals surface area contributed by atoms with Crippen molar-refractivity contribution in [3.05, 3.63) is 77.1 Å². The van der Waals surface area contributed by atoms with E-state index < -0.39 is 20.0 Å². The number of nitrogens with zero attached hydrogens (tertiary/aromatic N) is 2. The predicted octanol–water partition coefficient (Wildman–Crippen LogP) is 8.15. The van der Waals surface area contributed by atoms with Crippen LogP contribution in [0.4, 0.5) is 9.18 Å². The van der Waals surface area contributed by atoms with Crippen LogP contribution in [0.3, 0.4) is 0 Å². The Morgan fingerprint density at radius 1 is 0.949 bits per heavy atom. The molecule has 0 saturated carbocycles. The summed E-state index contributed by atoms with van der Waals surface area (Å²) in [5.74, 6) is 1.03. The van der Waals surface area contributed by atoms with Gasteiger partial charge >= 0.3 is 6.09 Å². The standard InChI is InChI=1S/C32H41FN2O3Si/c1-31(2,3)37-30(36)35-21-20-34-29(35)26-14-11-15-27(33)24(26)17-18-25-23-13-10-9-12-22(23)16-19-28(25)38-39(7,8)32(4,5)6/h9-16,19H,17-18,20-21H2,1-8H3. The van der Waals surface area contributed by atoms with Gasteiger partial charge in [0.05, 0.1) is 13.1 Å². The van der Waals surface area contributed by atoms with Gasteiger partial charge in [-0.05, 0) is 80.2 Å². The molecule has 1 aliphatic heterocycles. The summed E-state index contributed by atoms with van der Waals surface area (Å²) < 4.78 is 27.8. The zero-order valence-electron chi connectivity index (χ0n) is 24.5. The Kier molecular flexibility index (Phi) is 7.95. The Balaban J connectivity index is 1.71. The number of carbonyl (C=O) groups is 1. The summed E-state index contributed by atoms with van der Waals surface area (Å²) in [5.41, 5.74) is 1.61. The van der Waals surface area contributed by atoms with E-state index in [0.717, 1.165) is 22.1 Å². The third-order valence-corrected chi connectivity index (χ3v) is 12.0. The highest BCUT2D eigenvalue weighted by atomic mass is 28.4. The van der Waals surface area contributed by atoms with Gasteiger partial charge < -0.3 is 9.16 Å². The van der Waals surface area contributed by atoms with Gasteiger partial charge in [-0.15, -0.1) is 0 Å². The van der Waals surface area contributed by atoms with Crippen molar-refractivity contribution < 1.29 is 18.3 Å². The van der Waals surface area contributed by atoms with Gasteiger partial charge in [0, 0.05) is 11.1 Å². The van der Waals surface area contributed by atoms with Crippen molar-refractivity contribution in [2.45, 2.75) is 78.1 Å². The summed E-state index contributed by atoms with van der Waals surface area (Å²) >= 11 is 0. The number of fused-ring (bicyclic) bond motifs is 1. The van der Waals surface area contributed by atoms with Crippen LogP contribution in [0.5, 0.6) is 5.75 Å². The van der Waals surface area contributed by atoms with E-state index >= 15 is 4.39 Å². The summed E-state index contributed by atoms with van der Waals surface area (Å²) in [4.78, 5) is 19.1. The first-order valence-electron chi connectivity index (χ1n) is 13.7. The lowest BCUT2D eigenvalue weighted by Crippen LogP contribution is -2.44. The Hall–Kier alpha value is -3.19. The number of halogens is 1. The topological polar surface area (TPSA) is 51.1 Å². The van der Waals surface area contributed by atoms with Crippen molar-refractivity contribution in [1.82, 2.24) is 4.90 Å². The zero-order chi connectivity index (χ0) is 28.6. The second-order valence-corrected chi connectivity index (χ2v) is 17.5. The fraction of sp³-hybridized carbons (Fsp3) is 0.438. The van der Waals surface area contributed by atoms with Crippen LogP contribution in [-0.2, 0) is 17.6 Å². The molecule has 208 valence electrons. The fourth-order valence-electron chi connectivity index (χ4n) is 4.54. The Morgan fingerprint density at radius 3 is 2.33 bits per heavy atom. The Morgan fingerprint density at radius 2 is 1.64 bits per heavy atom. The number of aryl methyl sites for hydroxylation is 1. The number of hydrogen-bond acceptors (Lipinski definition) is 4. The third kappa shape index (κ3) is 6.35. The van der Waals surface area contributed by atoms with E-state index in [1.807, 2.05) is 39.0 Å².